The molecule has 0 radical (unpaired) electrons. The molecular formula is C17H18N2O2S. The van der Waals surface area contributed by atoms with E-state index in [1.165, 1.54) is 0 Å². The van der Waals surface area contributed by atoms with Crippen molar-refractivity contribution in [1.82, 2.24) is 4.98 Å². The molecule has 1 aromatic heterocycles. The summed E-state index contributed by atoms with van der Waals surface area (Å²) in [6.45, 7) is 2.01. The van der Waals surface area contributed by atoms with E-state index in [0.29, 0.717) is 11.4 Å². The van der Waals surface area contributed by atoms with Crippen LogP contribution in [0.1, 0.15) is 22.3 Å². The van der Waals surface area contributed by atoms with Gasteiger partial charge in [-0.05, 0) is 37.3 Å². The molecular weight excluding hydrogens is 296 g/mol. The predicted octanol–water partition coefficient (Wildman–Crippen LogP) is 3.53. The highest BCUT2D eigenvalue weighted by Gasteiger charge is 2.18. The Morgan fingerprint density at radius 2 is 2.14 bits per heavy atom. The third kappa shape index (κ3) is 3.80. The predicted molar refractivity (Wildman–Crippen MR) is 89.7 cm³/mol. The third-order valence-electron chi connectivity index (χ3n) is 3.48. The summed E-state index contributed by atoms with van der Waals surface area (Å²) in [5.41, 5.74) is 2.49. The lowest BCUT2D eigenvalue weighted by molar-refractivity contribution is 0.102. The minimum Gasteiger partial charge on any atom is -0.473 e. The first kappa shape index (κ1) is 14.9. The van der Waals surface area contributed by atoms with Crippen molar-refractivity contribution < 1.29 is 9.53 Å². The van der Waals surface area contributed by atoms with Gasteiger partial charge in [0.05, 0.1) is 0 Å². The summed E-state index contributed by atoms with van der Waals surface area (Å²) < 4.78 is 5.82. The Morgan fingerprint density at radius 3 is 2.86 bits per heavy atom. The molecule has 3 rings (SSSR count). The van der Waals surface area contributed by atoms with Gasteiger partial charge in [0.2, 0.25) is 5.88 Å². The van der Waals surface area contributed by atoms with E-state index < -0.39 is 0 Å². The van der Waals surface area contributed by atoms with Crippen molar-refractivity contribution in [2.45, 2.75) is 19.4 Å². The summed E-state index contributed by atoms with van der Waals surface area (Å²) in [6, 6.07) is 11.1. The number of pyridine rings is 1. The molecule has 5 heteroatoms. The van der Waals surface area contributed by atoms with Crippen molar-refractivity contribution in [3.05, 3.63) is 53.7 Å². The number of carbonyl (C=O) groups is 1. The minimum atomic E-state index is -0.156. The Kier molecular flexibility index (Phi) is 4.63. The summed E-state index contributed by atoms with van der Waals surface area (Å²) >= 11 is 1.88. The van der Waals surface area contributed by atoms with Gasteiger partial charge in [0.15, 0.2) is 0 Å². The summed E-state index contributed by atoms with van der Waals surface area (Å²) in [6.07, 6.45) is 2.85. The standard InChI is InChI=1S/C17H18N2O2S/c1-12-2-4-14(5-3-12)19-17(20)13-6-8-18-16(10-13)21-15-7-9-22-11-15/h2-6,8,10,15H,7,9,11H2,1H3,(H,19,20). The third-order valence-corrected chi connectivity index (χ3v) is 4.61. The van der Waals surface area contributed by atoms with Crippen LogP contribution in [0.5, 0.6) is 5.88 Å². The van der Waals surface area contributed by atoms with Crippen molar-refractivity contribution in [3.63, 3.8) is 0 Å². The molecule has 1 amide bonds. The summed E-state index contributed by atoms with van der Waals surface area (Å²) in [7, 11) is 0. The first-order valence-electron chi connectivity index (χ1n) is 7.29. The van der Waals surface area contributed by atoms with Gasteiger partial charge in [0.1, 0.15) is 6.10 Å². The molecule has 1 fully saturated rings. The van der Waals surface area contributed by atoms with Gasteiger partial charge in [0, 0.05) is 29.3 Å². The monoisotopic (exact) mass is 314 g/mol. The maximum atomic E-state index is 12.3. The summed E-state index contributed by atoms with van der Waals surface area (Å²) in [5.74, 6) is 2.47. The molecule has 2 aromatic rings. The fourth-order valence-corrected chi connectivity index (χ4v) is 3.33. The number of aromatic nitrogens is 1. The fourth-order valence-electron chi connectivity index (χ4n) is 2.23. The van der Waals surface area contributed by atoms with Crippen LogP contribution in [-0.2, 0) is 0 Å². The number of carbonyl (C=O) groups excluding carboxylic acids is 1. The second kappa shape index (κ2) is 6.83. The highest BCUT2D eigenvalue weighted by molar-refractivity contribution is 7.99. The number of nitrogens with one attached hydrogen (secondary N) is 1. The fraction of sp³-hybridized carbons (Fsp3) is 0.294. The van der Waals surface area contributed by atoms with Crippen molar-refractivity contribution in [1.29, 1.82) is 0 Å². The quantitative estimate of drug-likeness (QED) is 0.938. The average Bonchev–Trinajstić information content (AvgIpc) is 3.03. The number of ether oxygens (including phenoxy) is 1. The lowest BCUT2D eigenvalue weighted by Crippen LogP contribution is -2.17. The van der Waals surface area contributed by atoms with Gasteiger partial charge < -0.3 is 10.1 Å². The van der Waals surface area contributed by atoms with E-state index in [2.05, 4.69) is 10.3 Å². The molecule has 114 valence electrons. The molecule has 1 N–H and O–H groups in total. The maximum Gasteiger partial charge on any atom is 0.255 e. The molecule has 0 aliphatic carbocycles. The molecule has 1 atom stereocenters. The van der Waals surface area contributed by atoms with Gasteiger partial charge in [-0.15, -0.1) is 0 Å². The van der Waals surface area contributed by atoms with Crippen LogP contribution in [0.15, 0.2) is 42.6 Å². The van der Waals surface area contributed by atoms with E-state index in [4.69, 9.17) is 4.74 Å². The summed E-state index contributed by atoms with van der Waals surface area (Å²) in [5, 5.41) is 2.88. The van der Waals surface area contributed by atoms with Gasteiger partial charge in [0.25, 0.3) is 5.91 Å². The van der Waals surface area contributed by atoms with E-state index in [0.717, 1.165) is 29.2 Å². The van der Waals surface area contributed by atoms with Gasteiger partial charge in [-0.3, -0.25) is 4.79 Å². The number of nitrogens with zero attached hydrogens (tertiary/aromatic N) is 1. The van der Waals surface area contributed by atoms with E-state index >= 15 is 0 Å². The number of thioether (sulfide) groups is 1. The minimum absolute atomic E-state index is 0.156. The summed E-state index contributed by atoms with van der Waals surface area (Å²) in [4.78, 5) is 16.5. The Balaban J connectivity index is 1.67. The Labute approximate surface area is 134 Å². The maximum absolute atomic E-state index is 12.3. The second-order valence-corrected chi connectivity index (χ2v) is 6.46. The zero-order chi connectivity index (χ0) is 15.4. The number of aryl methyl sites for hydroxylation is 1. The van der Waals surface area contributed by atoms with E-state index in [1.807, 2.05) is 43.0 Å². The largest absolute Gasteiger partial charge is 0.473 e. The number of hydrogen-bond donors (Lipinski definition) is 1. The van der Waals surface area contributed by atoms with E-state index in [9.17, 15) is 4.79 Å². The molecule has 0 spiro atoms. The molecule has 1 aliphatic rings. The van der Waals surface area contributed by atoms with Crippen molar-refractivity contribution in [3.8, 4) is 5.88 Å². The highest BCUT2D eigenvalue weighted by Crippen LogP contribution is 2.22. The first-order chi connectivity index (χ1) is 10.7. The van der Waals surface area contributed by atoms with Crippen LogP contribution >= 0.6 is 11.8 Å². The Bertz CT molecular complexity index is 652. The molecule has 4 nitrogen and oxygen atoms in total. The van der Waals surface area contributed by atoms with Gasteiger partial charge in [-0.1, -0.05) is 17.7 Å². The van der Waals surface area contributed by atoms with Crippen LogP contribution in [0.4, 0.5) is 5.69 Å². The average molecular weight is 314 g/mol. The lowest BCUT2D eigenvalue weighted by atomic mass is 10.2. The molecule has 1 aromatic carbocycles. The van der Waals surface area contributed by atoms with Crippen LogP contribution in [0.3, 0.4) is 0 Å². The second-order valence-electron chi connectivity index (χ2n) is 5.31. The number of hydrogen-bond acceptors (Lipinski definition) is 4. The zero-order valence-electron chi connectivity index (χ0n) is 12.4. The number of benzene rings is 1. The van der Waals surface area contributed by atoms with Crippen LogP contribution in [0.2, 0.25) is 0 Å². The van der Waals surface area contributed by atoms with Gasteiger partial charge in [-0.25, -0.2) is 4.98 Å². The van der Waals surface area contributed by atoms with Crippen molar-refractivity contribution >= 4 is 23.4 Å². The molecule has 1 unspecified atom stereocenters. The van der Waals surface area contributed by atoms with Gasteiger partial charge >= 0.3 is 0 Å². The SMILES string of the molecule is Cc1ccc(NC(=O)c2ccnc(OC3CCSC3)c2)cc1. The molecule has 0 saturated carbocycles. The molecule has 1 saturated heterocycles. The smallest absolute Gasteiger partial charge is 0.255 e. The molecule has 1 aliphatic heterocycles. The van der Waals surface area contributed by atoms with Crippen LogP contribution < -0.4 is 10.1 Å². The van der Waals surface area contributed by atoms with Crippen LogP contribution in [-0.4, -0.2) is 28.5 Å². The number of amides is 1. The Morgan fingerprint density at radius 1 is 1.32 bits per heavy atom. The lowest BCUT2D eigenvalue weighted by Gasteiger charge is -2.12. The van der Waals surface area contributed by atoms with Crippen molar-refractivity contribution in [2.75, 3.05) is 16.8 Å². The van der Waals surface area contributed by atoms with Crippen LogP contribution in [0, 0.1) is 6.92 Å². The topological polar surface area (TPSA) is 51.2 Å². The van der Waals surface area contributed by atoms with E-state index in [1.54, 1.807) is 18.3 Å². The molecule has 22 heavy (non-hydrogen) atoms. The normalized spacial score (nSPS) is 17.2. The molecule has 0 bridgehead atoms. The number of rotatable bonds is 4. The molecule has 2 heterocycles. The number of anilines is 1. The van der Waals surface area contributed by atoms with Crippen molar-refractivity contribution in [2.24, 2.45) is 0 Å². The highest BCUT2D eigenvalue weighted by atomic mass is 32.2. The first-order valence-corrected chi connectivity index (χ1v) is 8.45. The van der Waals surface area contributed by atoms with Gasteiger partial charge in [-0.2, -0.15) is 11.8 Å². The van der Waals surface area contributed by atoms with E-state index in [-0.39, 0.29) is 12.0 Å². The van der Waals surface area contributed by atoms with Crippen LogP contribution in [0.25, 0.3) is 0 Å². The Hall–Kier alpha value is -2.01. The zero-order valence-corrected chi connectivity index (χ0v) is 13.2.